The second-order valence-electron chi connectivity index (χ2n) is 3.79. The molecular weight excluding hydrogens is 126 g/mol. The van der Waals surface area contributed by atoms with Gasteiger partial charge in [-0.05, 0) is 33.7 Å². The minimum absolute atomic E-state index is 0.424. The van der Waals surface area contributed by atoms with E-state index in [0.717, 1.165) is 13.0 Å². The molecule has 1 rings (SSSR count). The van der Waals surface area contributed by atoms with Crippen molar-refractivity contribution in [1.82, 2.24) is 5.32 Å². The average molecular weight is 143 g/mol. The van der Waals surface area contributed by atoms with Gasteiger partial charge in [0.15, 0.2) is 0 Å². The summed E-state index contributed by atoms with van der Waals surface area (Å²) in [6, 6.07) is 0.472. The molecule has 1 fully saturated rings. The van der Waals surface area contributed by atoms with Crippen LogP contribution < -0.4 is 5.32 Å². The van der Waals surface area contributed by atoms with E-state index in [9.17, 15) is 5.11 Å². The molecule has 1 heterocycles. The highest BCUT2D eigenvalue weighted by Crippen LogP contribution is 2.26. The van der Waals surface area contributed by atoms with E-state index in [0.29, 0.717) is 12.0 Å². The minimum atomic E-state index is -0.511. The van der Waals surface area contributed by atoms with Gasteiger partial charge < -0.3 is 10.4 Å². The van der Waals surface area contributed by atoms with E-state index in [-0.39, 0.29) is 0 Å². The van der Waals surface area contributed by atoms with Crippen molar-refractivity contribution in [1.29, 1.82) is 0 Å². The maximum absolute atomic E-state index is 9.65. The zero-order chi connectivity index (χ0) is 7.78. The van der Waals surface area contributed by atoms with Gasteiger partial charge in [0.2, 0.25) is 0 Å². The van der Waals surface area contributed by atoms with E-state index in [4.69, 9.17) is 0 Å². The van der Waals surface area contributed by atoms with Gasteiger partial charge in [0.1, 0.15) is 0 Å². The lowest BCUT2D eigenvalue weighted by molar-refractivity contribution is 0.0142. The van der Waals surface area contributed by atoms with Gasteiger partial charge in [-0.2, -0.15) is 0 Å². The van der Waals surface area contributed by atoms with E-state index >= 15 is 0 Å². The third-order valence-corrected chi connectivity index (χ3v) is 2.43. The van der Waals surface area contributed by atoms with E-state index in [2.05, 4.69) is 12.2 Å². The van der Waals surface area contributed by atoms with Gasteiger partial charge in [-0.1, -0.05) is 0 Å². The van der Waals surface area contributed by atoms with Crippen LogP contribution in [0.2, 0.25) is 0 Å². The summed E-state index contributed by atoms with van der Waals surface area (Å²) in [5, 5.41) is 13.0. The van der Waals surface area contributed by atoms with Crippen LogP contribution in [0.3, 0.4) is 0 Å². The molecule has 1 aliphatic heterocycles. The summed E-state index contributed by atoms with van der Waals surface area (Å²) in [5.74, 6) is 0.424. The zero-order valence-corrected chi connectivity index (χ0v) is 7.02. The molecule has 0 spiro atoms. The maximum atomic E-state index is 9.65. The lowest BCUT2D eigenvalue weighted by Gasteiger charge is -2.28. The first-order valence-corrected chi connectivity index (χ1v) is 3.97. The monoisotopic (exact) mass is 143 g/mol. The highest BCUT2D eigenvalue weighted by atomic mass is 16.3. The van der Waals surface area contributed by atoms with E-state index < -0.39 is 5.60 Å². The molecule has 1 saturated heterocycles. The Bertz CT molecular complexity index is 117. The third kappa shape index (κ3) is 1.50. The molecule has 0 radical (unpaired) electrons. The Morgan fingerprint density at radius 3 is 2.30 bits per heavy atom. The minimum Gasteiger partial charge on any atom is -0.390 e. The van der Waals surface area contributed by atoms with Gasteiger partial charge in [-0.3, -0.25) is 0 Å². The van der Waals surface area contributed by atoms with Gasteiger partial charge >= 0.3 is 0 Å². The van der Waals surface area contributed by atoms with Gasteiger partial charge in [-0.15, -0.1) is 0 Å². The van der Waals surface area contributed by atoms with Crippen LogP contribution in [0, 0.1) is 5.92 Å². The number of hydrogen-bond donors (Lipinski definition) is 2. The molecule has 2 nitrogen and oxygen atoms in total. The van der Waals surface area contributed by atoms with Crippen molar-refractivity contribution in [2.75, 3.05) is 6.54 Å². The first-order valence-electron chi connectivity index (χ1n) is 3.97. The lowest BCUT2D eigenvalue weighted by atomic mass is 9.86. The molecule has 0 amide bonds. The molecule has 0 aromatic heterocycles. The summed E-state index contributed by atoms with van der Waals surface area (Å²) in [7, 11) is 0. The molecular formula is C8H17NO. The van der Waals surface area contributed by atoms with Crippen molar-refractivity contribution in [2.45, 2.75) is 38.8 Å². The zero-order valence-electron chi connectivity index (χ0n) is 7.02. The Balaban J connectivity index is 2.55. The molecule has 2 heteroatoms. The summed E-state index contributed by atoms with van der Waals surface area (Å²) in [5.41, 5.74) is -0.511. The van der Waals surface area contributed by atoms with Gasteiger partial charge in [0.25, 0.3) is 0 Å². The number of nitrogens with one attached hydrogen (secondary N) is 1. The SMILES string of the molecule is CC1NCCC1C(C)(C)O. The summed E-state index contributed by atoms with van der Waals surface area (Å²) >= 11 is 0. The lowest BCUT2D eigenvalue weighted by Crippen LogP contribution is -2.37. The molecule has 60 valence electrons. The number of aliphatic hydroxyl groups is 1. The van der Waals surface area contributed by atoms with E-state index in [1.807, 2.05) is 13.8 Å². The fraction of sp³-hybridized carbons (Fsp3) is 1.00. The molecule has 0 saturated carbocycles. The summed E-state index contributed by atoms with van der Waals surface area (Å²) in [4.78, 5) is 0. The molecule has 0 aliphatic carbocycles. The molecule has 2 N–H and O–H groups in total. The smallest absolute Gasteiger partial charge is 0.0635 e. The predicted octanol–water partition coefficient (Wildman–Crippen LogP) is 0.755. The van der Waals surface area contributed by atoms with E-state index in [1.165, 1.54) is 0 Å². The Hall–Kier alpha value is -0.0800. The molecule has 10 heavy (non-hydrogen) atoms. The van der Waals surface area contributed by atoms with Crippen molar-refractivity contribution >= 4 is 0 Å². The van der Waals surface area contributed by atoms with Crippen LogP contribution in [0.4, 0.5) is 0 Å². The first-order chi connectivity index (χ1) is 4.52. The Kier molecular flexibility index (Phi) is 2.02. The maximum Gasteiger partial charge on any atom is 0.0635 e. The average Bonchev–Trinajstić information content (AvgIpc) is 2.11. The summed E-state index contributed by atoms with van der Waals surface area (Å²) in [6.45, 7) is 6.97. The van der Waals surface area contributed by atoms with Crippen molar-refractivity contribution in [3.63, 3.8) is 0 Å². The van der Waals surface area contributed by atoms with Crippen LogP contribution in [-0.4, -0.2) is 23.3 Å². The topological polar surface area (TPSA) is 32.3 Å². The van der Waals surface area contributed by atoms with E-state index in [1.54, 1.807) is 0 Å². The highest BCUT2D eigenvalue weighted by molar-refractivity contribution is 4.89. The largest absolute Gasteiger partial charge is 0.390 e. The van der Waals surface area contributed by atoms with Crippen LogP contribution in [0.15, 0.2) is 0 Å². The second-order valence-corrected chi connectivity index (χ2v) is 3.79. The highest BCUT2D eigenvalue weighted by Gasteiger charge is 2.34. The Labute approximate surface area is 62.6 Å². The standard InChI is InChI=1S/C8H17NO/c1-6-7(4-5-9-6)8(2,3)10/h6-7,9-10H,4-5H2,1-3H3. The van der Waals surface area contributed by atoms with Gasteiger partial charge in [-0.25, -0.2) is 0 Å². The van der Waals surface area contributed by atoms with Crippen LogP contribution in [-0.2, 0) is 0 Å². The summed E-state index contributed by atoms with van der Waals surface area (Å²) in [6.07, 6.45) is 1.10. The molecule has 0 bridgehead atoms. The predicted molar refractivity (Wildman–Crippen MR) is 41.9 cm³/mol. The molecule has 1 aliphatic rings. The van der Waals surface area contributed by atoms with Crippen LogP contribution in [0.25, 0.3) is 0 Å². The summed E-state index contributed by atoms with van der Waals surface area (Å²) < 4.78 is 0. The molecule has 2 atom stereocenters. The number of rotatable bonds is 1. The fourth-order valence-corrected chi connectivity index (χ4v) is 1.82. The van der Waals surface area contributed by atoms with Gasteiger partial charge in [0, 0.05) is 12.0 Å². The number of hydrogen-bond acceptors (Lipinski definition) is 2. The quantitative estimate of drug-likeness (QED) is 0.568. The first kappa shape index (κ1) is 8.02. The molecule has 0 aromatic carbocycles. The van der Waals surface area contributed by atoms with Gasteiger partial charge in [0.05, 0.1) is 5.60 Å². The Morgan fingerprint density at radius 2 is 2.10 bits per heavy atom. The fourth-order valence-electron chi connectivity index (χ4n) is 1.82. The van der Waals surface area contributed by atoms with Crippen LogP contribution in [0.1, 0.15) is 27.2 Å². The van der Waals surface area contributed by atoms with Crippen molar-refractivity contribution in [3.05, 3.63) is 0 Å². The third-order valence-electron chi connectivity index (χ3n) is 2.43. The molecule has 2 unspecified atom stereocenters. The normalized spacial score (nSPS) is 34.8. The Morgan fingerprint density at radius 1 is 1.50 bits per heavy atom. The second kappa shape index (κ2) is 2.51. The van der Waals surface area contributed by atoms with Crippen molar-refractivity contribution < 1.29 is 5.11 Å². The van der Waals surface area contributed by atoms with Crippen molar-refractivity contribution in [2.24, 2.45) is 5.92 Å². The van der Waals surface area contributed by atoms with Crippen LogP contribution >= 0.6 is 0 Å². The molecule has 0 aromatic rings. The van der Waals surface area contributed by atoms with Crippen LogP contribution in [0.5, 0.6) is 0 Å². The van der Waals surface area contributed by atoms with Crippen molar-refractivity contribution in [3.8, 4) is 0 Å².